The molecule has 0 heterocycles. The predicted octanol–water partition coefficient (Wildman–Crippen LogP) is 15.0. The van der Waals surface area contributed by atoms with Crippen LogP contribution < -0.4 is 4.90 Å². The first-order chi connectivity index (χ1) is 31.3. The maximum Gasteiger partial charge on any atom is 0.0722 e. The molecule has 9 aromatic carbocycles. The molecule has 0 aromatic heterocycles. The Balaban J connectivity index is 1.11. The number of allylic oxidation sites excluding steroid dienone is 2. The van der Waals surface area contributed by atoms with Gasteiger partial charge in [-0.15, -0.1) is 0 Å². The number of anilines is 2. The van der Waals surface area contributed by atoms with E-state index in [0.29, 0.717) is 0 Å². The summed E-state index contributed by atoms with van der Waals surface area (Å²) in [5, 5.41) is 0. The maximum absolute atomic E-state index is 2.70. The summed E-state index contributed by atoms with van der Waals surface area (Å²) in [5.74, 6) is 0. The summed E-state index contributed by atoms with van der Waals surface area (Å²) in [5.41, 5.74) is 22.5. The van der Waals surface area contributed by atoms with Gasteiger partial charge < -0.3 is 4.90 Å². The molecule has 0 radical (unpaired) electrons. The van der Waals surface area contributed by atoms with E-state index in [4.69, 9.17) is 0 Å². The van der Waals surface area contributed by atoms with Crippen molar-refractivity contribution < 1.29 is 0 Å². The van der Waals surface area contributed by atoms with Gasteiger partial charge in [0.1, 0.15) is 0 Å². The monoisotopic (exact) mass is 801 g/mol. The van der Waals surface area contributed by atoms with Gasteiger partial charge in [-0.1, -0.05) is 224 Å². The second-order valence-electron chi connectivity index (χ2n) is 17.4. The zero-order chi connectivity index (χ0) is 41.5. The minimum absolute atomic E-state index is 0.0139. The molecule has 0 N–H and O–H groups in total. The van der Waals surface area contributed by atoms with Gasteiger partial charge >= 0.3 is 0 Å². The van der Waals surface area contributed by atoms with E-state index in [-0.39, 0.29) is 6.04 Å². The Morgan fingerprint density at radius 2 is 0.810 bits per heavy atom. The Hall–Kier alpha value is -7.74. The molecule has 0 aliphatic heterocycles. The van der Waals surface area contributed by atoms with E-state index >= 15 is 0 Å². The van der Waals surface area contributed by atoms with Crippen LogP contribution in [0, 0.1) is 0 Å². The molecule has 296 valence electrons. The minimum atomic E-state index is -0.521. The molecule has 1 spiro atoms. The van der Waals surface area contributed by atoms with Crippen LogP contribution in [0.15, 0.2) is 248 Å². The van der Waals surface area contributed by atoms with E-state index in [1.807, 2.05) is 0 Å². The molecule has 0 amide bonds. The fourth-order valence-corrected chi connectivity index (χ4v) is 12.2. The van der Waals surface area contributed by atoms with Crippen molar-refractivity contribution in [2.45, 2.75) is 23.3 Å². The van der Waals surface area contributed by atoms with E-state index in [2.05, 4.69) is 248 Å². The summed E-state index contributed by atoms with van der Waals surface area (Å²) in [6, 6.07) is 86.3. The van der Waals surface area contributed by atoms with Crippen LogP contribution in [0.2, 0.25) is 0 Å². The Morgan fingerprint density at radius 1 is 0.365 bits per heavy atom. The smallest absolute Gasteiger partial charge is 0.0722 e. The zero-order valence-corrected chi connectivity index (χ0v) is 34.8. The molecular weight excluding hydrogens is 759 g/mol. The number of hydrogen-bond acceptors (Lipinski definition) is 1. The topological polar surface area (TPSA) is 3.24 Å². The lowest BCUT2D eigenvalue weighted by molar-refractivity contribution is 0.753. The van der Waals surface area contributed by atoms with Crippen LogP contribution in [0.3, 0.4) is 0 Å². The van der Waals surface area contributed by atoms with E-state index in [1.54, 1.807) is 0 Å². The summed E-state index contributed by atoms with van der Waals surface area (Å²) in [6.45, 7) is 0. The van der Waals surface area contributed by atoms with Gasteiger partial charge in [-0.3, -0.25) is 0 Å². The first kappa shape index (κ1) is 36.0. The van der Waals surface area contributed by atoms with Gasteiger partial charge in [-0.25, -0.2) is 0 Å². The third kappa shape index (κ3) is 4.88. The molecule has 1 nitrogen and oxygen atoms in total. The fourth-order valence-electron chi connectivity index (χ4n) is 12.2. The lowest BCUT2D eigenvalue weighted by Crippen LogP contribution is -2.35. The van der Waals surface area contributed by atoms with Crippen molar-refractivity contribution in [2.24, 2.45) is 0 Å². The van der Waals surface area contributed by atoms with Gasteiger partial charge in [0.15, 0.2) is 0 Å². The number of para-hydroxylation sites is 1. The van der Waals surface area contributed by atoms with Gasteiger partial charge in [0.25, 0.3) is 0 Å². The number of hydrogen-bond donors (Lipinski definition) is 0. The van der Waals surface area contributed by atoms with Crippen LogP contribution in [-0.2, 0) is 10.8 Å². The summed E-state index contributed by atoms with van der Waals surface area (Å²) in [6.07, 6.45) is 5.79. The molecule has 9 aromatic rings. The first-order valence-electron chi connectivity index (χ1n) is 22.3. The van der Waals surface area contributed by atoms with Gasteiger partial charge in [-0.05, 0) is 108 Å². The van der Waals surface area contributed by atoms with E-state index in [0.717, 1.165) is 6.42 Å². The quantitative estimate of drug-likeness (QED) is 0.162. The fraction of sp³-hybridized carbons (Fsp3) is 0.0645. The van der Waals surface area contributed by atoms with Crippen molar-refractivity contribution in [2.75, 3.05) is 4.90 Å². The van der Waals surface area contributed by atoms with Crippen molar-refractivity contribution in [1.29, 1.82) is 0 Å². The molecule has 1 heteroatoms. The number of nitrogens with zero attached hydrogens (tertiary/aromatic N) is 1. The molecule has 0 bridgehead atoms. The standard InChI is InChI=1S/C62H43N/c1-4-21-42(22-5-1)46-27-14-19-37-58(46)63(45-39-40-50-49-30-10-15-32-52(49)61(57(50)41-45,43-23-6-2-7-24-43)44-25-8-3-9-26-44)59-38-20-36-56-60(59)51-31-13-18-35-55(51)62(56)53-33-16-11-28-47(53)48-29-12-17-34-54(48)62/h1-37,39-41,59H,38H2. The highest BCUT2D eigenvalue weighted by Gasteiger charge is 2.54. The van der Waals surface area contributed by atoms with Crippen molar-refractivity contribution in [3.05, 3.63) is 293 Å². The molecule has 0 saturated heterocycles. The third-order valence-corrected chi connectivity index (χ3v) is 14.5. The highest BCUT2D eigenvalue weighted by atomic mass is 15.2. The highest BCUT2D eigenvalue weighted by Crippen LogP contribution is 2.64. The second kappa shape index (κ2) is 13.9. The lowest BCUT2D eigenvalue weighted by Gasteiger charge is -2.40. The van der Waals surface area contributed by atoms with Crippen LogP contribution in [0.4, 0.5) is 11.4 Å². The molecule has 0 saturated carbocycles. The second-order valence-corrected chi connectivity index (χ2v) is 17.4. The average Bonchev–Trinajstić information content (AvgIpc) is 3.96. The molecule has 1 unspecified atom stereocenters. The summed E-state index contributed by atoms with van der Waals surface area (Å²) >= 11 is 0. The number of rotatable bonds is 6. The maximum atomic E-state index is 2.70. The van der Waals surface area contributed by atoms with Crippen LogP contribution in [0.1, 0.15) is 50.9 Å². The van der Waals surface area contributed by atoms with E-state index in [9.17, 15) is 0 Å². The van der Waals surface area contributed by atoms with Crippen LogP contribution in [0.25, 0.3) is 39.0 Å². The van der Waals surface area contributed by atoms with Gasteiger partial charge in [-0.2, -0.15) is 0 Å². The largest absolute Gasteiger partial charge is 0.333 e. The molecule has 63 heavy (non-hydrogen) atoms. The minimum Gasteiger partial charge on any atom is -0.333 e. The molecule has 4 aliphatic carbocycles. The van der Waals surface area contributed by atoms with Crippen LogP contribution >= 0.6 is 0 Å². The van der Waals surface area contributed by atoms with Crippen LogP contribution in [0.5, 0.6) is 0 Å². The first-order valence-corrected chi connectivity index (χ1v) is 22.3. The Labute approximate surface area is 369 Å². The number of fused-ring (bicyclic) bond motifs is 12. The molecular formula is C62H43N. The highest BCUT2D eigenvalue weighted by molar-refractivity contribution is 6.00. The molecule has 1 atom stereocenters. The van der Waals surface area contributed by atoms with Crippen LogP contribution in [-0.4, -0.2) is 6.04 Å². The van der Waals surface area contributed by atoms with Crippen molar-refractivity contribution >= 4 is 16.9 Å². The molecule has 13 rings (SSSR count). The zero-order valence-electron chi connectivity index (χ0n) is 34.8. The van der Waals surface area contributed by atoms with E-state index < -0.39 is 10.8 Å². The SMILES string of the molecule is C1=CC2=C(c3ccccc3C23c2ccccc2-c2ccccc23)C(N(c2ccc3c(c2)C(c2ccccc2)(c2ccccc2)c2ccccc2-3)c2ccccc2-c2ccccc2)C1. The summed E-state index contributed by atoms with van der Waals surface area (Å²) in [7, 11) is 0. The molecule has 4 aliphatic rings. The normalized spacial score (nSPS) is 16.5. The van der Waals surface area contributed by atoms with Gasteiger partial charge in [0.05, 0.1) is 16.9 Å². The Bertz CT molecular complexity index is 3230. The Morgan fingerprint density at radius 3 is 1.40 bits per heavy atom. The van der Waals surface area contributed by atoms with Gasteiger partial charge in [0, 0.05) is 16.9 Å². The predicted molar refractivity (Wildman–Crippen MR) is 260 cm³/mol. The third-order valence-electron chi connectivity index (χ3n) is 14.5. The van der Waals surface area contributed by atoms with Crippen molar-refractivity contribution in [3.63, 3.8) is 0 Å². The van der Waals surface area contributed by atoms with Crippen molar-refractivity contribution in [3.8, 4) is 33.4 Å². The van der Waals surface area contributed by atoms with Gasteiger partial charge in [0.2, 0.25) is 0 Å². The molecule has 0 fully saturated rings. The summed E-state index contributed by atoms with van der Waals surface area (Å²) in [4.78, 5) is 2.70. The number of benzene rings is 9. The lowest BCUT2D eigenvalue weighted by atomic mass is 9.67. The summed E-state index contributed by atoms with van der Waals surface area (Å²) < 4.78 is 0. The Kier molecular flexibility index (Phi) is 7.93. The van der Waals surface area contributed by atoms with Crippen molar-refractivity contribution in [1.82, 2.24) is 0 Å². The average molecular weight is 802 g/mol. The van der Waals surface area contributed by atoms with E-state index in [1.165, 1.54) is 100 Å².